The van der Waals surface area contributed by atoms with Gasteiger partial charge in [0.15, 0.2) is 5.78 Å². The molecule has 0 aliphatic rings. The molecular weight excluding hydrogens is 414 g/mol. The van der Waals surface area contributed by atoms with E-state index in [-0.39, 0.29) is 16.3 Å². The Morgan fingerprint density at radius 2 is 1.59 bits per heavy atom. The van der Waals surface area contributed by atoms with Crippen LogP contribution in [-0.2, 0) is 0 Å². The summed E-state index contributed by atoms with van der Waals surface area (Å²) in [5.41, 5.74) is 2.54. The van der Waals surface area contributed by atoms with Gasteiger partial charge in [-0.05, 0) is 12.5 Å². The number of nitro benzene ring substituents is 1. The van der Waals surface area contributed by atoms with E-state index in [2.05, 4.69) is 31.9 Å². The van der Waals surface area contributed by atoms with E-state index in [1.807, 2.05) is 19.1 Å². The first kappa shape index (κ1) is 16.8. The predicted octanol–water partition coefficient (Wildman–Crippen LogP) is 4.99. The zero-order chi connectivity index (χ0) is 16.3. The van der Waals surface area contributed by atoms with E-state index in [1.165, 1.54) is 12.1 Å². The predicted molar refractivity (Wildman–Crippen MR) is 93.0 cm³/mol. The van der Waals surface area contributed by atoms with Crippen LogP contribution in [0.25, 0.3) is 0 Å². The van der Waals surface area contributed by atoms with Gasteiger partial charge in [-0.3, -0.25) is 14.9 Å². The first-order chi connectivity index (χ1) is 10.4. The molecule has 0 radical (unpaired) electrons. The topological polar surface area (TPSA) is 60.2 Å². The third-order valence-electron chi connectivity index (χ3n) is 3.27. The number of Topliss-reactive ketones (excluding diaryl/α,β-unsaturated/α-hetero) is 1. The van der Waals surface area contributed by atoms with Crippen LogP contribution in [0.2, 0.25) is 0 Å². The Morgan fingerprint density at radius 3 is 2.09 bits per heavy atom. The summed E-state index contributed by atoms with van der Waals surface area (Å²) in [6.45, 7) is 1.96. The largest absolute Gasteiger partial charge is 0.293 e. The number of non-ortho nitro benzene ring substituents is 1. The van der Waals surface area contributed by atoms with Gasteiger partial charge in [-0.1, -0.05) is 73.8 Å². The second-order valence-corrected chi connectivity index (χ2v) is 6.86. The van der Waals surface area contributed by atoms with Gasteiger partial charge >= 0.3 is 0 Å². The normalized spacial score (nSPS) is 13.4. The molecule has 0 aliphatic heterocycles. The third-order valence-corrected chi connectivity index (χ3v) is 5.98. The Kier molecular flexibility index (Phi) is 5.47. The lowest BCUT2D eigenvalue weighted by Crippen LogP contribution is -2.19. The quantitative estimate of drug-likeness (QED) is 0.293. The Bertz CT molecular complexity index is 684. The van der Waals surface area contributed by atoms with Crippen LogP contribution < -0.4 is 0 Å². The highest BCUT2D eigenvalue weighted by Gasteiger charge is 2.26. The number of nitro groups is 1. The van der Waals surface area contributed by atoms with Crippen molar-refractivity contribution in [3.8, 4) is 0 Å². The van der Waals surface area contributed by atoms with Gasteiger partial charge in [0.05, 0.1) is 14.6 Å². The van der Waals surface area contributed by atoms with E-state index >= 15 is 0 Å². The van der Waals surface area contributed by atoms with Crippen molar-refractivity contribution < 1.29 is 9.72 Å². The van der Waals surface area contributed by atoms with Crippen molar-refractivity contribution in [2.75, 3.05) is 0 Å². The number of nitrogens with zero attached hydrogens (tertiary/aromatic N) is 1. The number of aryl methyl sites for hydroxylation is 1. The number of carbonyl (C=O) groups is 1. The van der Waals surface area contributed by atoms with Crippen molar-refractivity contribution in [2.24, 2.45) is 0 Å². The molecule has 0 saturated carbocycles. The van der Waals surface area contributed by atoms with E-state index in [0.29, 0.717) is 5.56 Å². The summed E-state index contributed by atoms with van der Waals surface area (Å²) >= 11 is 6.91. The smallest absolute Gasteiger partial charge is 0.269 e. The van der Waals surface area contributed by atoms with Crippen molar-refractivity contribution in [1.82, 2.24) is 0 Å². The highest BCUT2D eigenvalue weighted by Crippen LogP contribution is 2.34. The van der Waals surface area contributed by atoms with Crippen LogP contribution in [0.5, 0.6) is 0 Å². The van der Waals surface area contributed by atoms with Crippen LogP contribution >= 0.6 is 31.9 Å². The molecule has 0 fully saturated rings. The number of ketones is 1. The zero-order valence-corrected chi connectivity index (χ0v) is 14.9. The minimum absolute atomic E-state index is 0.0273. The number of halogens is 2. The van der Waals surface area contributed by atoms with Gasteiger partial charge in [-0.15, -0.1) is 0 Å². The van der Waals surface area contributed by atoms with Crippen molar-refractivity contribution in [1.29, 1.82) is 0 Å². The van der Waals surface area contributed by atoms with Gasteiger partial charge in [0.25, 0.3) is 5.69 Å². The lowest BCUT2D eigenvalue weighted by Gasteiger charge is -2.16. The molecule has 6 heteroatoms. The molecule has 4 nitrogen and oxygen atoms in total. The molecule has 2 rings (SSSR count). The van der Waals surface area contributed by atoms with Crippen LogP contribution in [0.15, 0.2) is 48.5 Å². The number of benzene rings is 2. The molecule has 2 atom stereocenters. The maximum Gasteiger partial charge on any atom is 0.269 e. The maximum absolute atomic E-state index is 12.5. The summed E-state index contributed by atoms with van der Waals surface area (Å²) in [6, 6.07) is 13.5. The van der Waals surface area contributed by atoms with Gasteiger partial charge in [0.2, 0.25) is 0 Å². The lowest BCUT2D eigenvalue weighted by molar-refractivity contribution is -0.384. The molecule has 0 heterocycles. The molecule has 0 amide bonds. The Labute approximate surface area is 144 Å². The second kappa shape index (κ2) is 7.15. The number of hydrogen-bond donors (Lipinski definition) is 0. The van der Waals surface area contributed by atoms with Gasteiger partial charge < -0.3 is 0 Å². The Morgan fingerprint density at radius 1 is 1.05 bits per heavy atom. The Hall–Kier alpha value is -1.53. The minimum Gasteiger partial charge on any atom is -0.293 e. The van der Waals surface area contributed by atoms with E-state index in [9.17, 15) is 14.9 Å². The highest BCUT2D eigenvalue weighted by molar-refractivity contribution is 9.12. The second-order valence-electron chi connectivity index (χ2n) is 4.88. The molecule has 0 N–H and O–H groups in total. The Balaban J connectivity index is 2.17. The highest BCUT2D eigenvalue weighted by atomic mass is 79.9. The summed E-state index contributed by atoms with van der Waals surface area (Å²) in [7, 11) is 0. The van der Waals surface area contributed by atoms with Crippen LogP contribution in [-0.4, -0.2) is 15.5 Å². The maximum atomic E-state index is 12.5. The molecule has 2 aromatic rings. The van der Waals surface area contributed by atoms with E-state index in [1.54, 1.807) is 24.3 Å². The van der Waals surface area contributed by atoms with Crippen molar-refractivity contribution in [3.63, 3.8) is 0 Å². The van der Waals surface area contributed by atoms with E-state index < -0.39 is 9.75 Å². The number of carbonyl (C=O) groups excluding carboxylic acids is 1. The van der Waals surface area contributed by atoms with Crippen molar-refractivity contribution in [3.05, 3.63) is 75.3 Å². The molecule has 0 spiro atoms. The van der Waals surface area contributed by atoms with Crippen LogP contribution in [0, 0.1) is 17.0 Å². The van der Waals surface area contributed by atoms with Gasteiger partial charge in [-0.25, -0.2) is 0 Å². The van der Waals surface area contributed by atoms with Crippen molar-refractivity contribution >= 4 is 43.3 Å². The first-order valence-electron chi connectivity index (χ1n) is 6.53. The average Bonchev–Trinajstić information content (AvgIpc) is 2.53. The molecule has 0 aromatic heterocycles. The fourth-order valence-electron chi connectivity index (χ4n) is 1.96. The van der Waals surface area contributed by atoms with Crippen LogP contribution in [0.4, 0.5) is 5.69 Å². The molecule has 0 unspecified atom stereocenters. The standard InChI is InChI=1S/C16H13Br2NO3/c1-10-2-4-12(5-3-10)16(20)15(18)14(17)11-6-8-13(9-7-11)19(21)22/h2-9,14-15H,1H3/t14-,15+/m1/s1. The third kappa shape index (κ3) is 3.81. The SMILES string of the molecule is Cc1ccc(C(=O)[C@@H](Br)[C@H](Br)c2ccc([N+](=O)[O-])cc2)cc1. The van der Waals surface area contributed by atoms with Crippen LogP contribution in [0.3, 0.4) is 0 Å². The van der Waals surface area contributed by atoms with Crippen LogP contribution in [0.1, 0.15) is 26.3 Å². The summed E-state index contributed by atoms with van der Waals surface area (Å²) in [6.07, 6.45) is 0. The monoisotopic (exact) mass is 425 g/mol. The fourth-order valence-corrected chi connectivity index (χ4v) is 3.07. The fraction of sp³-hybridized carbons (Fsp3) is 0.188. The zero-order valence-electron chi connectivity index (χ0n) is 11.7. The minimum atomic E-state index is -0.461. The summed E-state index contributed by atoms with van der Waals surface area (Å²) < 4.78 is 0. The summed E-state index contributed by atoms with van der Waals surface area (Å²) in [5.74, 6) is -0.0415. The first-order valence-corrected chi connectivity index (χ1v) is 8.36. The molecule has 2 aromatic carbocycles. The van der Waals surface area contributed by atoms with E-state index in [0.717, 1.165) is 11.1 Å². The summed E-state index contributed by atoms with van der Waals surface area (Å²) in [5, 5.41) is 10.7. The van der Waals surface area contributed by atoms with Gasteiger partial charge in [0.1, 0.15) is 0 Å². The molecular formula is C16H13Br2NO3. The number of hydrogen-bond acceptors (Lipinski definition) is 3. The van der Waals surface area contributed by atoms with Gasteiger partial charge in [0, 0.05) is 17.7 Å². The molecule has 0 aliphatic carbocycles. The van der Waals surface area contributed by atoms with E-state index in [4.69, 9.17) is 0 Å². The molecule has 114 valence electrons. The lowest BCUT2D eigenvalue weighted by atomic mass is 10.0. The summed E-state index contributed by atoms with van der Waals surface area (Å²) in [4.78, 5) is 21.9. The van der Waals surface area contributed by atoms with Gasteiger partial charge in [-0.2, -0.15) is 0 Å². The average molecular weight is 427 g/mol. The molecule has 0 bridgehead atoms. The molecule has 22 heavy (non-hydrogen) atoms. The number of rotatable bonds is 5. The van der Waals surface area contributed by atoms with Crippen molar-refractivity contribution in [2.45, 2.75) is 16.6 Å². The molecule has 0 saturated heterocycles. The number of alkyl halides is 2.